The lowest BCUT2D eigenvalue weighted by atomic mass is 10.0. The fourth-order valence-electron chi connectivity index (χ4n) is 2.96. The fraction of sp³-hybridized carbons (Fsp3) is 0.385. The van der Waals surface area contributed by atoms with E-state index in [0.717, 1.165) is 5.69 Å². The average Bonchev–Trinajstić information content (AvgIpc) is 2.98. The SMILES string of the molecule is Cn1cccc1C=CC(=O)N1CC[C@@H]2[C@H]1C(=O)N2S(=O)(=O)O. The highest BCUT2D eigenvalue weighted by Gasteiger charge is 2.59. The summed E-state index contributed by atoms with van der Waals surface area (Å²) in [6.07, 6.45) is 5.18. The molecule has 2 aliphatic rings. The number of rotatable bonds is 3. The van der Waals surface area contributed by atoms with Crippen molar-refractivity contribution >= 4 is 28.2 Å². The van der Waals surface area contributed by atoms with E-state index in [0.29, 0.717) is 10.7 Å². The first-order valence-electron chi connectivity index (χ1n) is 6.71. The number of aryl methyl sites for hydroxylation is 1. The van der Waals surface area contributed by atoms with Gasteiger partial charge in [0, 0.05) is 31.6 Å². The van der Waals surface area contributed by atoms with Gasteiger partial charge in [-0.25, -0.2) is 4.31 Å². The Hall–Kier alpha value is -2.13. The summed E-state index contributed by atoms with van der Waals surface area (Å²) < 4.78 is 33.5. The monoisotopic (exact) mass is 325 g/mol. The van der Waals surface area contributed by atoms with Crippen LogP contribution in [-0.2, 0) is 26.9 Å². The van der Waals surface area contributed by atoms with Gasteiger partial charge in [0.05, 0.1) is 6.04 Å². The van der Waals surface area contributed by atoms with Crippen molar-refractivity contribution in [2.24, 2.45) is 7.05 Å². The Labute approximate surface area is 127 Å². The Bertz CT molecular complexity index is 766. The summed E-state index contributed by atoms with van der Waals surface area (Å²) in [6.45, 7) is 0.281. The molecule has 0 spiro atoms. The number of aromatic nitrogens is 1. The maximum absolute atomic E-state index is 12.2. The van der Waals surface area contributed by atoms with E-state index >= 15 is 0 Å². The van der Waals surface area contributed by atoms with E-state index in [1.54, 1.807) is 6.08 Å². The van der Waals surface area contributed by atoms with Gasteiger partial charge in [0.1, 0.15) is 6.04 Å². The minimum atomic E-state index is -4.55. The summed E-state index contributed by atoms with van der Waals surface area (Å²) in [6, 6.07) is 2.23. The zero-order valence-corrected chi connectivity index (χ0v) is 12.6. The number of β-lactam (4-membered cyclic amide) rings is 1. The number of hydrogen-bond acceptors (Lipinski definition) is 4. The standard InChI is InChI=1S/C13H15N3O5S/c1-14-7-2-3-9(14)4-5-11(17)15-8-6-10-12(15)13(18)16(10)22(19,20)21/h2-5,7,10,12H,6,8H2,1H3,(H,19,20,21)/t10-,12+/m1/s1. The Morgan fingerprint density at radius 2 is 2.18 bits per heavy atom. The quantitative estimate of drug-likeness (QED) is 0.465. The van der Waals surface area contributed by atoms with Crippen LogP contribution in [-0.4, -0.2) is 57.2 Å². The number of amides is 2. The summed E-state index contributed by atoms with van der Waals surface area (Å²) in [5, 5.41) is 0. The molecule has 3 heterocycles. The molecule has 9 heteroatoms. The first kappa shape index (κ1) is 14.8. The Kier molecular flexibility index (Phi) is 3.33. The summed E-state index contributed by atoms with van der Waals surface area (Å²) in [5.41, 5.74) is 0.837. The number of likely N-dealkylation sites (tertiary alicyclic amines) is 1. The van der Waals surface area contributed by atoms with Crippen LogP contribution in [0.2, 0.25) is 0 Å². The summed E-state index contributed by atoms with van der Waals surface area (Å²) in [5.74, 6) is -1.11. The highest BCUT2D eigenvalue weighted by atomic mass is 32.2. The summed E-state index contributed by atoms with van der Waals surface area (Å²) in [7, 11) is -2.70. The van der Waals surface area contributed by atoms with Crippen molar-refractivity contribution in [2.45, 2.75) is 18.5 Å². The van der Waals surface area contributed by atoms with E-state index in [9.17, 15) is 18.0 Å². The Morgan fingerprint density at radius 1 is 1.45 bits per heavy atom. The molecule has 1 aromatic rings. The van der Waals surface area contributed by atoms with Gasteiger partial charge in [-0.3, -0.25) is 14.1 Å². The largest absolute Gasteiger partial charge is 0.362 e. The second-order valence-corrected chi connectivity index (χ2v) is 6.61. The van der Waals surface area contributed by atoms with Gasteiger partial charge in [-0.05, 0) is 24.6 Å². The van der Waals surface area contributed by atoms with Crippen molar-refractivity contribution in [1.82, 2.24) is 13.8 Å². The Morgan fingerprint density at radius 3 is 2.77 bits per heavy atom. The molecule has 1 N–H and O–H groups in total. The van der Waals surface area contributed by atoms with Gasteiger partial charge in [-0.1, -0.05) is 0 Å². The third-order valence-electron chi connectivity index (χ3n) is 4.05. The van der Waals surface area contributed by atoms with Crippen LogP contribution >= 0.6 is 0 Å². The molecule has 0 saturated carbocycles. The van der Waals surface area contributed by atoms with Crippen molar-refractivity contribution < 1.29 is 22.6 Å². The van der Waals surface area contributed by atoms with Gasteiger partial charge < -0.3 is 9.47 Å². The van der Waals surface area contributed by atoms with Crippen LogP contribution in [0.3, 0.4) is 0 Å². The van der Waals surface area contributed by atoms with Gasteiger partial charge >= 0.3 is 10.3 Å². The molecule has 0 radical (unpaired) electrons. The first-order chi connectivity index (χ1) is 10.3. The molecule has 1 aromatic heterocycles. The highest BCUT2D eigenvalue weighted by molar-refractivity contribution is 7.84. The van der Waals surface area contributed by atoms with Gasteiger partial charge in [-0.2, -0.15) is 8.42 Å². The number of fused-ring (bicyclic) bond motifs is 1. The van der Waals surface area contributed by atoms with Crippen LogP contribution in [0.4, 0.5) is 0 Å². The predicted molar refractivity (Wildman–Crippen MR) is 76.7 cm³/mol. The molecule has 3 rings (SSSR count). The normalized spacial score (nSPS) is 24.7. The molecule has 0 aromatic carbocycles. The van der Waals surface area contributed by atoms with Gasteiger partial charge in [0.25, 0.3) is 5.91 Å². The van der Waals surface area contributed by atoms with Crippen LogP contribution in [0.15, 0.2) is 24.4 Å². The minimum Gasteiger partial charge on any atom is -0.351 e. The van der Waals surface area contributed by atoms with E-state index in [1.165, 1.54) is 11.0 Å². The molecular formula is C13H15N3O5S. The molecule has 8 nitrogen and oxygen atoms in total. The lowest BCUT2D eigenvalue weighted by molar-refractivity contribution is -0.149. The summed E-state index contributed by atoms with van der Waals surface area (Å²) >= 11 is 0. The molecule has 0 unspecified atom stereocenters. The second kappa shape index (κ2) is 4.96. The third-order valence-corrected chi connectivity index (χ3v) is 5.00. The van der Waals surface area contributed by atoms with Crippen molar-refractivity contribution in [1.29, 1.82) is 0 Å². The lowest BCUT2D eigenvalue weighted by Crippen LogP contribution is -2.68. The maximum atomic E-state index is 12.2. The molecule has 118 valence electrons. The smallest absolute Gasteiger partial charge is 0.351 e. The zero-order valence-electron chi connectivity index (χ0n) is 11.8. The minimum absolute atomic E-state index is 0.281. The van der Waals surface area contributed by atoms with Crippen molar-refractivity contribution in [2.75, 3.05) is 6.54 Å². The molecular weight excluding hydrogens is 310 g/mol. The van der Waals surface area contributed by atoms with E-state index in [1.807, 2.05) is 29.9 Å². The van der Waals surface area contributed by atoms with Crippen LogP contribution in [0, 0.1) is 0 Å². The number of carbonyl (C=O) groups is 2. The van der Waals surface area contributed by atoms with Crippen molar-refractivity contribution in [3.63, 3.8) is 0 Å². The van der Waals surface area contributed by atoms with Crippen molar-refractivity contribution in [3.05, 3.63) is 30.1 Å². The predicted octanol–water partition coefficient (Wildman–Crippen LogP) is -0.347. The number of nitrogens with zero attached hydrogens (tertiary/aromatic N) is 3. The molecule has 22 heavy (non-hydrogen) atoms. The average molecular weight is 325 g/mol. The van der Waals surface area contributed by atoms with Crippen LogP contribution in [0.5, 0.6) is 0 Å². The maximum Gasteiger partial charge on any atom is 0.362 e. The first-order valence-corrected chi connectivity index (χ1v) is 8.11. The molecule has 2 atom stereocenters. The van der Waals surface area contributed by atoms with Crippen LogP contribution in [0.1, 0.15) is 12.1 Å². The van der Waals surface area contributed by atoms with Crippen LogP contribution in [0.25, 0.3) is 6.08 Å². The topological polar surface area (TPSA) is 99.9 Å². The van der Waals surface area contributed by atoms with E-state index < -0.39 is 28.3 Å². The van der Waals surface area contributed by atoms with Crippen molar-refractivity contribution in [3.8, 4) is 0 Å². The second-order valence-electron chi connectivity index (χ2n) is 5.32. The number of hydrogen-bond donors (Lipinski definition) is 1. The Balaban J connectivity index is 1.73. The fourth-order valence-corrected chi connectivity index (χ4v) is 3.86. The third kappa shape index (κ3) is 2.22. The molecule has 2 fully saturated rings. The molecule has 2 saturated heterocycles. The van der Waals surface area contributed by atoms with Crippen LogP contribution < -0.4 is 0 Å². The van der Waals surface area contributed by atoms with E-state index in [4.69, 9.17) is 4.55 Å². The highest BCUT2D eigenvalue weighted by Crippen LogP contribution is 2.35. The lowest BCUT2D eigenvalue weighted by Gasteiger charge is -2.42. The zero-order chi connectivity index (χ0) is 16.1. The van der Waals surface area contributed by atoms with Gasteiger partial charge in [0.15, 0.2) is 0 Å². The molecule has 2 aliphatic heterocycles. The van der Waals surface area contributed by atoms with Gasteiger partial charge in [0.2, 0.25) is 5.91 Å². The summed E-state index contributed by atoms with van der Waals surface area (Å²) in [4.78, 5) is 25.4. The van der Waals surface area contributed by atoms with E-state index in [2.05, 4.69) is 0 Å². The molecule has 2 amide bonds. The molecule has 0 aliphatic carbocycles. The van der Waals surface area contributed by atoms with E-state index in [-0.39, 0.29) is 12.5 Å². The molecule has 0 bridgehead atoms. The van der Waals surface area contributed by atoms with Gasteiger partial charge in [-0.15, -0.1) is 0 Å². The number of carbonyl (C=O) groups excluding carboxylic acids is 2.